The number of phenolic OH excluding ortho intramolecular Hbond substituents is 2. The molecular weight excluding hydrogens is 337 g/mol. The monoisotopic (exact) mass is 357 g/mol. The van der Waals surface area contributed by atoms with Crippen molar-refractivity contribution in [2.45, 2.75) is 12.5 Å². The van der Waals surface area contributed by atoms with Gasteiger partial charge >= 0.3 is 0 Å². The van der Waals surface area contributed by atoms with Gasteiger partial charge in [0.05, 0.1) is 17.5 Å². The number of nitrogens with one attached hydrogen (secondary N) is 2. The predicted octanol–water partition coefficient (Wildman–Crippen LogP) is 2.61. The largest absolute Gasteiger partial charge is 0.506 e. The van der Waals surface area contributed by atoms with Crippen LogP contribution in [0.2, 0.25) is 0 Å². The van der Waals surface area contributed by atoms with Gasteiger partial charge in [0.25, 0.3) is 0 Å². The van der Waals surface area contributed by atoms with Gasteiger partial charge in [0.1, 0.15) is 11.4 Å². The molecule has 0 bridgehead atoms. The molecule has 2 atom stereocenters. The van der Waals surface area contributed by atoms with Crippen LogP contribution in [-0.2, 0) is 6.42 Å². The molecule has 1 heterocycles. The number of aromatic nitrogens is 1. The summed E-state index contributed by atoms with van der Waals surface area (Å²) < 4.78 is 0. The minimum Gasteiger partial charge on any atom is -0.506 e. The summed E-state index contributed by atoms with van der Waals surface area (Å²) in [6, 6.07) is 10.8. The third-order valence-corrected chi connectivity index (χ3v) is 4.52. The zero-order valence-electron chi connectivity index (χ0n) is 13.5. The minimum atomic E-state index is -0.179. The van der Waals surface area contributed by atoms with Crippen LogP contribution >= 0.6 is 9.39 Å². The topological polar surface area (TPSA) is 101 Å². The Morgan fingerprint density at radius 3 is 2.68 bits per heavy atom. The molecule has 0 aliphatic rings. The number of nitrogens with zero attached hydrogens (tertiary/aromatic N) is 1. The summed E-state index contributed by atoms with van der Waals surface area (Å²) in [7, 11) is 2.37. The summed E-state index contributed by atoms with van der Waals surface area (Å²) in [6.07, 6.45) is 3.84. The number of fused-ring (bicyclic) bond motifs is 1. The third-order valence-electron chi connectivity index (χ3n) is 4.05. The summed E-state index contributed by atoms with van der Waals surface area (Å²) in [5, 5.41) is 33.7. The van der Waals surface area contributed by atoms with Crippen molar-refractivity contribution in [3.05, 3.63) is 53.7 Å². The maximum atomic E-state index is 10.6. The van der Waals surface area contributed by atoms with Crippen LogP contribution in [0.25, 0.3) is 10.9 Å². The fraction of sp³-hybridized carbons (Fsp3) is 0.167. The first-order valence-electron chi connectivity index (χ1n) is 7.85. The molecule has 130 valence electrons. The normalized spacial score (nSPS) is 12.9. The average Bonchev–Trinajstić information content (AvgIpc) is 3.07. The van der Waals surface area contributed by atoms with E-state index in [1.54, 1.807) is 12.4 Å². The van der Waals surface area contributed by atoms with Crippen molar-refractivity contribution in [3.8, 4) is 11.5 Å². The molecule has 25 heavy (non-hydrogen) atoms. The molecular formula is C18H20N3O3P. The van der Waals surface area contributed by atoms with E-state index in [-0.39, 0.29) is 29.8 Å². The smallest absolute Gasteiger partial charge is 0.151 e. The van der Waals surface area contributed by atoms with Crippen LogP contribution in [0.1, 0.15) is 11.1 Å². The summed E-state index contributed by atoms with van der Waals surface area (Å²) >= 11 is 0. The highest BCUT2D eigenvalue weighted by Crippen LogP contribution is 2.42. The molecule has 2 aromatic carbocycles. The van der Waals surface area contributed by atoms with E-state index >= 15 is 0 Å². The number of aromatic hydroxyl groups is 2. The fourth-order valence-electron chi connectivity index (χ4n) is 2.72. The van der Waals surface area contributed by atoms with Gasteiger partial charge in [0.2, 0.25) is 0 Å². The zero-order chi connectivity index (χ0) is 17.8. The maximum Gasteiger partial charge on any atom is 0.151 e. The van der Waals surface area contributed by atoms with Gasteiger partial charge in [-0.15, -0.1) is 0 Å². The Bertz CT molecular complexity index is 889. The van der Waals surface area contributed by atoms with Crippen molar-refractivity contribution < 1.29 is 15.3 Å². The van der Waals surface area contributed by atoms with Gasteiger partial charge in [-0.3, -0.25) is 10.1 Å². The van der Waals surface area contributed by atoms with Crippen molar-refractivity contribution in [3.63, 3.8) is 0 Å². The number of aliphatic hydroxyl groups is 1. The number of aliphatic hydroxyl groups excluding tert-OH is 1. The molecule has 6 nitrogen and oxygen atoms in total. The van der Waals surface area contributed by atoms with Crippen molar-refractivity contribution >= 4 is 32.2 Å². The molecule has 0 fully saturated rings. The number of H-pyrrole nitrogens is 1. The second kappa shape index (κ2) is 7.66. The molecule has 0 aliphatic carbocycles. The molecule has 0 spiro atoms. The van der Waals surface area contributed by atoms with Gasteiger partial charge in [-0.1, -0.05) is 39.7 Å². The number of aliphatic imine (C=N–C) groups is 1. The first kappa shape index (κ1) is 17.4. The van der Waals surface area contributed by atoms with Crippen LogP contribution in [0.15, 0.2) is 47.6 Å². The van der Waals surface area contributed by atoms with Crippen LogP contribution in [0.4, 0.5) is 5.69 Å². The Balaban J connectivity index is 2.03. The number of phenols is 2. The predicted molar refractivity (Wildman–Crippen MR) is 103 cm³/mol. The summed E-state index contributed by atoms with van der Waals surface area (Å²) in [5.74, 6) is 0.00956. The van der Waals surface area contributed by atoms with E-state index in [1.165, 1.54) is 6.07 Å². The van der Waals surface area contributed by atoms with Crippen molar-refractivity contribution in [2.24, 2.45) is 4.99 Å². The van der Waals surface area contributed by atoms with Gasteiger partial charge in [-0.05, 0) is 17.5 Å². The Labute approximate surface area is 147 Å². The highest BCUT2D eigenvalue weighted by molar-refractivity contribution is 7.13. The molecule has 3 rings (SSSR count). The van der Waals surface area contributed by atoms with Crippen molar-refractivity contribution in [1.82, 2.24) is 10.1 Å². The van der Waals surface area contributed by atoms with E-state index in [1.807, 2.05) is 30.3 Å². The van der Waals surface area contributed by atoms with E-state index in [4.69, 9.17) is 0 Å². The summed E-state index contributed by atoms with van der Waals surface area (Å²) in [4.78, 5) is 7.28. The number of aromatic amines is 1. The first-order chi connectivity index (χ1) is 12.1. The van der Waals surface area contributed by atoms with E-state index in [9.17, 15) is 15.3 Å². The number of hydrogen-bond acceptors (Lipinski definition) is 5. The highest BCUT2D eigenvalue weighted by Gasteiger charge is 2.18. The SMILES string of the molecule is OCC(Cc1c[nH]c2c(O)cc(N=Cc3ccccc3)c(O)c12)NP. The van der Waals surface area contributed by atoms with Crippen molar-refractivity contribution in [2.75, 3.05) is 6.61 Å². The Kier molecular flexibility index (Phi) is 5.34. The van der Waals surface area contributed by atoms with E-state index in [2.05, 4.69) is 24.5 Å². The van der Waals surface area contributed by atoms with Gasteiger partial charge in [-0.25, -0.2) is 0 Å². The van der Waals surface area contributed by atoms with E-state index < -0.39 is 0 Å². The maximum absolute atomic E-state index is 10.6. The third kappa shape index (κ3) is 3.66. The number of benzene rings is 2. The molecule has 0 amide bonds. The van der Waals surface area contributed by atoms with E-state index in [0.717, 1.165) is 11.1 Å². The molecule has 3 aromatic rings. The highest BCUT2D eigenvalue weighted by atomic mass is 31.0. The number of rotatable bonds is 6. The van der Waals surface area contributed by atoms with Crippen LogP contribution in [-0.4, -0.2) is 39.2 Å². The van der Waals surface area contributed by atoms with Crippen LogP contribution < -0.4 is 5.09 Å². The lowest BCUT2D eigenvalue weighted by atomic mass is 10.0. The van der Waals surface area contributed by atoms with Gasteiger partial charge in [0.15, 0.2) is 5.75 Å². The van der Waals surface area contributed by atoms with E-state index in [0.29, 0.717) is 17.3 Å². The Morgan fingerprint density at radius 2 is 2.00 bits per heavy atom. The first-order valence-corrected chi connectivity index (χ1v) is 8.42. The fourth-order valence-corrected chi connectivity index (χ4v) is 2.94. The van der Waals surface area contributed by atoms with Gasteiger partial charge in [0, 0.05) is 24.5 Å². The lowest BCUT2D eigenvalue weighted by molar-refractivity contribution is 0.258. The Hall–Kier alpha value is -2.40. The molecule has 0 saturated heterocycles. The Morgan fingerprint density at radius 1 is 1.24 bits per heavy atom. The summed E-state index contributed by atoms with van der Waals surface area (Å²) in [6.45, 7) is -0.0469. The second-order valence-corrected chi connectivity index (χ2v) is 6.08. The molecule has 0 saturated carbocycles. The molecule has 0 radical (unpaired) electrons. The van der Waals surface area contributed by atoms with Crippen LogP contribution in [0, 0.1) is 0 Å². The average molecular weight is 357 g/mol. The van der Waals surface area contributed by atoms with Crippen LogP contribution in [0.5, 0.6) is 11.5 Å². The zero-order valence-corrected chi connectivity index (χ0v) is 14.6. The van der Waals surface area contributed by atoms with Gasteiger partial charge in [-0.2, -0.15) is 0 Å². The molecule has 2 unspecified atom stereocenters. The molecule has 1 aromatic heterocycles. The standard InChI is InChI=1S/C18H20N3O3P/c22-10-13(21-25)6-12-9-20-17-15(23)7-14(18(24)16(12)17)19-8-11-4-2-1-3-5-11/h1-5,7-9,13,20-24H,6,10,25H2. The molecule has 0 aliphatic heterocycles. The molecule has 5 N–H and O–H groups in total. The summed E-state index contributed by atoms with van der Waals surface area (Å²) in [5.41, 5.74) is 2.41. The quantitative estimate of drug-likeness (QED) is 0.266. The minimum absolute atomic E-state index is 0.00308. The van der Waals surface area contributed by atoms with Gasteiger partial charge < -0.3 is 20.3 Å². The lowest BCUT2D eigenvalue weighted by Gasteiger charge is -2.12. The molecule has 7 heteroatoms. The number of hydrogen-bond donors (Lipinski definition) is 5. The van der Waals surface area contributed by atoms with Crippen LogP contribution in [0.3, 0.4) is 0 Å². The second-order valence-electron chi connectivity index (χ2n) is 5.75. The van der Waals surface area contributed by atoms with Crippen molar-refractivity contribution in [1.29, 1.82) is 0 Å². The lowest BCUT2D eigenvalue weighted by Crippen LogP contribution is -2.26.